The Morgan fingerprint density at radius 3 is 2.72 bits per heavy atom. The van der Waals surface area contributed by atoms with Gasteiger partial charge in [-0.05, 0) is 55.9 Å². The number of amides is 1. The van der Waals surface area contributed by atoms with Crippen LogP contribution in [0.5, 0.6) is 5.06 Å². The van der Waals surface area contributed by atoms with Gasteiger partial charge in [0.15, 0.2) is 11.7 Å². The van der Waals surface area contributed by atoms with Gasteiger partial charge >= 0.3 is 0 Å². The highest BCUT2D eigenvalue weighted by atomic mass is 35.5. The number of likely N-dealkylation sites (N-methyl/N-ethyl adjacent to an activating group) is 1. The van der Waals surface area contributed by atoms with E-state index in [0.29, 0.717) is 9.40 Å². The molecule has 4 rings (SSSR count). The number of nitrogens with zero attached hydrogens (tertiary/aromatic N) is 3. The molecule has 0 radical (unpaired) electrons. The van der Waals surface area contributed by atoms with Gasteiger partial charge in [-0.1, -0.05) is 22.9 Å². The Bertz CT molecular complexity index is 1030. The fraction of sp³-hybridized carbons (Fsp3) is 0.333. The van der Waals surface area contributed by atoms with Gasteiger partial charge in [0.25, 0.3) is 5.91 Å². The van der Waals surface area contributed by atoms with Crippen molar-refractivity contribution < 1.29 is 9.53 Å². The summed E-state index contributed by atoms with van der Waals surface area (Å²) in [4.78, 5) is 21.7. The molecule has 29 heavy (non-hydrogen) atoms. The number of pyridine rings is 1. The van der Waals surface area contributed by atoms with Gasteiger partial charge in [-0.3, -0.25) is 4.79 Å². The number of aromatic nitrogens is 1. The van der Waals surface area contributed by atoms with E-state index in [1.54, 1.807) is 12.1 Å². The molecule has 3 heterocycles. The summed E-state index contributed by atoms with van der Waals surface area (Å²) in [5, 5.41) is 4.54. The Hall–Kier alpha value is -2.35. The Kier molecular flexibility index (Phi) is 5.89. The van der Waals surface area contributed by atoms with Crippen LogP contribution in [0.1, 0.15) is 5.56 Å². The maximum Gasteiger partial charge on any atom is 0.262 e. The third kappa shape index (κ3) is 4.80. The van der Waals surface area contributed by atoms with Crippen LogP contribution in [0.25, 0.3) is 10.9 Å². The summed E-state index contributed by atoms with van der Waals surface area (Å²) >= 11 is 7.17. The van der Waals surface area contributed by atoms with Crippen LogP contribution in [0.3, 0.4) is 0 Å². The van der Waals surface area contributed by atoms with E-state index in [2.05, 4.69) is 35.2 Å². The normalized spacial score (nSPS) is 14.9. The van der Waals surface area contributed by atoms with Crippen LogP contribution in [-0.2, 0) is 4.79 Å². The molecular weight excluding hydrogens is 408 g/mol. The van der Waals surface area contributed by atoms with Gasteiger partial charge in [-0.2, -0.15) is 0 Å². The van der Waals surface area contributed by atoms with Crippen molar-refractivity contribution >= 4 is 51.3 Å². The number of hydrogen-bond donors (Lipinski definition) is 1. The van der Waals surface area contributed by atoms with Crippen molar-refractivity contribution in [2.24, 2.45) is 0 Å². The van der Waals surface area contributed by atoms with E-state index in [1.165, 1.54) is 11.3 Å². The second kappa shape index (κ2) is 8.57. The van der Waals surface area contributed by atoms with Gasteiger partial charge in [0.2, 0.25) is 0 Å². The molecule has 1 fully saturated rings. The van der Waals surface area contributed by atoms with Crippen LogP contribution in [0.15, 0.2) is 36.4 Å². The minimum Gasteiger partial charge on any atom is -0.474 e. The van der Waals surface area contributed by atoms with Crippen LogP contribution in [0.4, 0.5) is 11.5 Å². The fourth-order valence-electron chi connectivity index (χ4n) is 3.36. The predicted octanol–water partition coefficient (Wildman–Crippen LogP) is 4.03. The first-order chi connectivity index (χ1) is 14.0. The summed E-state index contributed by atoms with van der Waals surface area (Å²) in [6, 6.07) is 11.4. The Labute approximate surface area is 179 Å². The van der Waals surface area contributed by atoms with Crippen molar-refractivity contribution in [3.8, 4) is 5.06 Å². The molecule has 0 spiro atoms. The van der Waals surface area contributed by atoms with E-state index in [4.69, 9.17) is 21.3 Å². The first kappa shape index (κ1) is 19.9. The molecule has 1 aliphatic rings. The Morgan fingerprint density at radius 1 is 1.21 bits per heavy atom. The van der Waals surface area contributed by atoms with Crippen molar-refractivity contribution in [3.05, 3.63) is 46.3 Å². The van der Waals surface area contributed by atoms with E-state index in [1.807, 2.05) is 18.2 Å². The summed E-state index contributed by atoms with van der Waals surface area (Å²) in [5.41, 5.74) is 2.80. The lowest BCUT2D eigenvalue weighted by molar-refractivity contribution is -0.118. The summed E-state index contributed by atoms with van der Waals surface area (Å²) in [6.07, 6.45) is 0. The number of ether oxygens (including phenoxy) is 1. The SMILES string of the molecule is Cc1cc(N2CCN(C)CC2)nc2ccc(NC(=O)COc3ccc(Cl)s3)cc12. The number of aryl methyl sites for hydroxylation is 1. The predicted molar refractivity (Wildman–Crippen MR) is 120 cm³/mol. The Balaban J connectivity index is 1.45. The van der Waals surface area contributed by atoms with Crippen LogP contribution >= 0.6 is 22.9 Å². The van der Waals surface area contributed by atoms with Crippen molar-refractivity contribution in [3.63, 3.8) is 0 Å². The van der Waals surface area contributed by atoms with Crippen LogP contribution in [0.2, 0.25) is 4.34 Å². The third-order valence-electron chi connectivity index (χ3n) is 5.01. The standard InChI is InChI=1S/C21H23ClN4O2S/c1-14-11-19(26-9-7-25(2)8-10-26)24-17-4-3-15(12-16(14)17)23-20(27)13-28-21-6-5-18(22)29-21/h3-6,11-12H,7-10,13H2,1-2H3,(H,23,27). The number of piperazine rings is 1. The molecule has 1 N–H and O–H groups in total. The molecule has 0 saturated carbocycles. The average Bonchev–Trinajstić information content (AvgIpc) is 3.12. The average molecular weight is 431 g/mol. The first-order valence-corrected chi connectivity index (χ1v) is 10.7. The summed E-state index contributed by atoms with van der Waals surface area (Å²) in [6.45, 7) is 6.08. The second-order valence-electron chi connectivity index (χ2n) is 7.21. The molecule has 0 aliphatic carbocycles. The van der Waals surface area contributed by atoms with Crippen LogP contribution in [0, 0.1) is 6.92 Å². The van der Waals surface area contributed by atoms with E-state index >= 15 is 0 Å². The summed E-state index contributed by atoms with van der Waals surface area (Å²) in [5.74, 6) is 0.802. The highest BCUT2D eigenvalue weighted by molar-refractivity contribution is 7.17. The van der Waals surface area contributed by atoms with Gasteiger partial charge in [-0.15, -0.1) is 0 Å². The zero-order valence-corrected chi connectivity index (χ0v) is 18.0. The molecule has 1 aromatic carbocycles. The maximum absolute atomic E-state index is 12.2. The quantitative estimate of drug-likeness (QED) is 0.662. The highest BCUT2D eigenvalue weighted by Gasteiger charge is 2.16. The third-order valence-corrected chi connectivity index (χ3v) is 6.15. The van der Waals surface area contributed by atoms with Crippen LogP contribution in [-0.4, -0.2) is 55.6 Å². The number of halogens is 1. The second-order valence-corrected chi connectivity index (χ2v) is 8.89. The minimum absolute atomic E-state index is 0.0611. The first-order valence-electron chi connectivity index (χ1n) is 9.51. The molecule has 152 valence electrons. The lowest BCUT2D eigenvalue weighted by Gasteiger charge is -2.33. The number of hydrogen-bond acceptors (Lipinski definition) is 6. The molecular formula is C21H23ClN4O2S. The molecule has 1 amide bonds. The van der Waals surface area contributed by atoms with E-state index in [0.717, 1.165) is 54.2 Å². The largest absolute Gasteiger partial charge is 0.474 e. The van der Waals surface area contributed by atoms with Gasteiger partial charge in [0.1, 0.15) is 5.82 Å². The molecule has 2 aromatic heterocycles. The van der Waals surface area contributed by atoms with Gasteiger partial charge in [0, 0.05) is 37.3 Å². The summed E-state index contributed by atoms with van der Waals surface area (Å²) in [7, 11) is 2.15. The molecule has 0 bridgehead atoms. The van der Waals surface area contributed by atoms with Crippen molar-refractivity contribution in [1.29, 1.82) is 0 Å². The van der Waals surface area contributed by atoms with E-state index in [9.17, 15) is 4.79 Å². The molecule has 6 nitrogen and oxygen atoms in total. The fourth-order valence-corrected chi connectivity index (χ4v) is 4.23. The van der Waals surface area contributed by atoms with Gasteiger partial charge in [0.05, 0.1) is 9.85 Å². The molecule has 1 aliphatic heterocycles. The van der Waals surface area contributed by atoms with Crippen LogP contribution < -0.4 is 15.0 Å². The lowest BCUT2D eigenvalue weighted by Crippen LogP contribution is -2.44. The van der Waals surface area contributed by atoms with Gasteiger partial charge in [-0.25, -0.2) is 4.98 Å². The number of carbonyl (C=O) groups is 1. The van der Waals surface area contributed by atoms with E-state index < -0.39 is 0 Å². The Morgan fingerprint density at radius 2 is 2.00 bits per heavy atom. The van der Waals surface area contributed by atoms with Crippen molar-refractivity contribution in [2.45, 2.75) is 6.92 Å². The number of fused-ring (bicyclic) bond motifs is 1. The topological polar surface area (TPSA) is 57.7 Å². The zero-order chi connectivity index (χ0) is 20.4. The monoisotopic (exact) mass is 430 g/mol. The molecule has 0 unspecified atom stereocenters. The lowest BCUT2D eigenvalue weighted by atomic mass is 10.1. The number of thiophene rings is 1. The van der Waals surface area contributed by atoms with Crippen molar-refractivity contribution in [1.82, 2.24) is 9.88 Å². The highest BCUT2D eigenvalue weighted by Crippen LogP contribution is 2.28. The molecule has 3 aromatic rings. The molecule has 8 heteroatoms. The number of carbonyl (C=O) groups excluding carboxylic acids is 1. The van der Waals surface area contributed by atoms with E-state index in [-0.39, 0.29) is 12.5 Å². The minimum atomic E-state index is -0.214. The number of anilines is 2. The van der Waals surface area contributed by atoms with Gasteiger partial charge < -0.3 is 19.9 Å². The summed E-state index contributed by atoms with van der Waals surface area (Å²) < 4.78 is 6.10. The number of nitrogens with one attached hydrogen (secondary N) is 1. The maximum atomic E-state index is 12.2. The number of benzene rings is 1. The zero-order valence-electron chi connectivity index (χ0n) is 16.4. The molecule has 1 saturated heterocycles. The van der Waals surface area contributed by atoms with Crippen molar-refractivity contribution in [2.75, 3.05) is 50.1 Å². The molecule has 0 atom stereocenters. The smallest absolute Gasteiger partial charge is 0.262 e. The number of rotatable bonds is 5.